The van der Waals surface area contributed by atoms with Gasteiger partial charge in [0.15, 0.2) is 0 Å². The number of hydrogen-bond acceptors (Lipinski definition) is 4. The van der Waals surface area contributed by atoms with Crippen LogP contribution < -0.4 is 5.32 Å². The van der Waals surface area contributed by atoms with Gasteiger partial charge < -0.3 is 10.2 Å². The van der Waals surface area contributed by atoms with E-state index in [1.54, 1.807) is 0 Å². The normalized spacial score (nSPS) is 23.1. The van der Waals surface area contributed by atoms with Gasteiger partial charge in [0, 0.05) is 45.8 Å². The SMILES string of the molecule is CC(C)CN1CCN(C(=O)CN2CCCNCC2)CC1. The summed E-state index contributed by atoms with van der Waals surface area (Å²) in [5, 5.41) is 3.38. The molecule has 116 valence electrons. The van der Waals surface area contributed by atoms with Crippen LogP contribution in [-0.4, -0.2) is 86.1 Å². The first kappa shape index (κ1) is 15.7. The van der Waals surface area contributed by atoms with Crippen molar-refractivity contribution in [2.45, 2.75) is 20.3 Å². The van der Waals surface area contributed by atoms with Gasteiger partial charge in [-0.15, -0.1) is 0 Å². The highest BCUT2D eigenvalue weighted by atomic mass is 16.2. The van der Waals surface area contributed by atoms with Gasteiger partial charge in [0.05, 0.1) is 6.54 Å². The van der Waals surface area contributed by atoms with Crippen LogP contribution in [-0.2, 0) is 4.79 Å². The Morgan fingerprint density at radius 1 is 1.00 bits per heavy atom. The number of rotatable bonds is 4. The Balaban J connectivity index is 1.71. The number of carbonyl (C=O) groups is 1. The van der Waals surface area contributed by atoms with Crippen LogP contribution in [0.15, 0.2) is 0 Å². The molecule has 2 heterocycles. The van der Waals surface area contributed by atoms with Gasteiger partial charge in [-0.1, -0.05) is 13.8 Å². The van der Waals surface area contributed by atoms with Gasteiger partial charge >= 0.3 is 0 Å². The summed E-state index contributed by atoms with van der Waals surface area (Å²) in [6.45, 7) is 14.3. The van der Waals surface area contributed by atoms with Gasteiger partial charge in [-0.05, 0) is 25.4 Å². The summed E-state index contributed by atoms with van der Waals surface area (Å²) >= 11 is 0. The van der Waals surface area contributed by atoms with Crippen molar-refractivity contribution in [2.75, 3.05) is 65.4 Å². The first-order chi connectivity index (χ1) is 9.65. The quantitative estimate of drug-likeness (QED) is 0.793. The second-order valence-electron chi connectivity index (χ2n) is 6.45. The molecule has 2 aliphatic rings. The Morgan fingerprint density at radius 2 is 1.75 bits per heavy atom. The molecular formula is C15H30N4O. The summed E-state index contributed by atoms with van der Waals surface area (Å²) in [5.41, 5.74) is 0. The smallest absolute Gasteiger partial charge is 0.236 e. The summed E-state index contributed by atoms with van der Waals surface area (Å²) < 4.78 is 0. The van der Waals surface area contributed by atoms with Gasteiger partial charge in [-0.25, -0.2) is 0 Å². The second-order valence-corrected chi connectivity index (χ2v) is 6.45. The number of piperazine rings is 1. The fourth-order valence-corrected chi connectivity index (χ4v) is 3.05. The molecule has 2 aliphatic heterocycles. The Kier molecular flexibility index (Phi) is 6.26. The largest absolute Gasteiger partial charge is 0.339 e. The third kappa shape index (κ3) is 5.04. The molecule has 2 fully saturated rings. The highest BCUT2D eigenvalue weighted by Crippen LogP contribution is 2.06. The van der Waals surface area contributed by atoms with Crippen LogP contribution >= 0.6 is 0 Å². The van der Waals surface area contributed by atoms with Crippen LogP contribution in [0.25, 0.3) is 0 Å². The van der Waals surface area contributed by atoms with Crippen LogP contribution in [0.1, 0.15) is 20.3 Å². The topological polar surface area (TPSA) is 38.8 Å². The fourth-order valence-electron chi connectivity index (χ4n) is 3.05. The van der Waals surface area contributed by atoms with Gasteiger partial charge in [-0.3, -0.25) is 14.6 Å². The molecule has 1 N–H and O–H groups in total. The zero-order chi connectivity index (χ0) is 14.4. The van der Waals surface area contributed by atoms with Crippen LogP contribution in [0.2, 0.25) is 0 Å². The van der Waals surface area contributed by atoms with Crippen molar-refractivity contribution in [2.24, 2.45) is 5.92 Å². The Labute approximate surface area is 123 Å². The minimum Gasteiger partial charge on any atom is -0.339 e. The number of amides is 1. The van der Waals surface area contributed by atoms with Gasteiger partial charge in [0.1, 0.15) is 0 Å². The number of hydrogen-bond donors (Lipinski definition) is 1. The molecule has 0 saturated carbocycles. The first-order valence-electron chi connectivity index (χ1n) is 8.08. The molecular weight excluding hydrogens is 252 g/mol. The van der Waals surface area contributed by atoms with Crippen molar-refractivity contribution in [1.29, 1.82) is 0 Å². The zero-order valence-electron chi connectivity index (χ0n) is 13.1. The lowest BCUT2D eigenvalue weighted by Crippen LogP contribution is -2.52. The van der Waals surface area contributed by atoms with E-state index in [4.69, 9.17) is 0 Å². The average molecular weight is 282 g/mol. The van der Waals surface area contributed by atoms with Gasteiger partial charge in [0.25, 0.3) is 0 Å². The highest BCUT2D eigenvalue weighted by Gasteiger charge is 2.23. The molecule has 0 bridgehead atoms. The third-order valence-corrected chi connectivity index (χ3v) is 4.14. The molecule has 1 amide bonds. The van der Waals surface area contributed by atoms with Crippen LogP contribution in [0.3, 0.4) is 0 Å². The Morgan fingerprint density at radius 3 is 2.45 bits per heavy atom. The van der Waals surface area contributed by atoms with E-state index in [1.165, 1.54) is 0 Å². The summed E-state index contributed by atoms with van der Waals surface area (Å²) in [6.07, 6.45) is 1.15. The minimum atomic E-state index is 0.316. The van der Waals surface area contributed by atoms with E-state index < -0.39 is 0 Å². The summed E-state index contributed by atoms with van der Waals surface area (Å²) in [6, 6.07) is 0. The number of carbonyl (C=O) groups excluding carboxylic acids is 1. The van der Waals surface area contributed by atoms with E-state index in [2.05, 4.69) is 33.9 Å². The van der Waals surface area contributed by atoms with Crippen molar-refractivity contribution in [1.82, 2.24) is 20.0 Å². The highest BCUT2D eigenvalue weighted by molar-refractivity contribution is 5.78. The number of nitrogens with one attached hydrogen (secondary N) is 1. The molecule has 0 aromatic heterocycles. The summed E-state index contributed by atoms with van der Waals surface area (Å²) in [7, 11) is 0. The van der Waals surface area contributed by atoms with Crippen LogP contribution in [0.5, 0.6) is 0 Å². The van der Waals surface area contributed by atoms with Gasteiger partial charge in [0.2, 0.25) is 5.91 Å². The van der Waals surface area contributed by atoms with Crippen molar-refractivity contribution in [3.05, 3.63) is 0 Å². The lowest BCUT2D eigenvalue weighted by molar-refractivity contribution is -0.134. The molecule has 0 atom stereocenters. The lowest BCUT2D eigenvalue weighted by Gasteiger charge is -2.36. The van der Waals surface area contributed by atoms with Crippen LogP contribution in [0.4, 0.5) is 0 Å². The fraction of sp³-hybridized carbons (Fsp3) is 0.933. The monoisotopic (exact) mass is 282 g/mol. The Bertz CT molecular complexity index is 292. The van der Waals surface area contributed by atoms with Crippen molar-refractivity contribution >= 4 is 5.91 Å². The predicted molar refractivity (Wildman–Crippen MR) is 81.8 cm³/mol. The number of nitrogens with zero attached hydrogens (tertiary/aromatic N) is 3. The molecule has 0 aromatic carbocycles. The van der Waals surface area contributed by atoms with E-state index in [-0.39, 0.29) is 0 Å². The maximum Gasteiger partial charge on any atom is 0.236 e. The van der Waals surface area contributed by atoms with Gasteiger partial charge in [-0.2, -0.15) is 0 Å². The zero-order valence-corrected chi connectivity index (χ0v) is 13.1. The maximum atomic E-state index is 12.4. The van der Waals surface area contributed by atoms with E-state index in [1.807, 2.05) is 0 Å². The molecule has 2 rings (SSSR count). The molecule has 0 spiro atoms. The second kappa shape index (κ2) is 7.96. The standard InChI is InChI=1S/C15H30N4O/c1-14(2)12-18-8-10-19(11-9-18)15(20)13-17-6-3-4-16-5-7-17/h14,16H,3-13H2,1-2H3. The van der Waals surface area contributed by atoms with Crippen LogP contribution in [0, 0.1) is 5.92 Å². The maximum absolute atomic E-state index is 12.4. The molecule has 0 radical (unpaired) electrons. The summed E-state index contributed by atoms with van der Waals surface area (Å²) in [4.78, 5) is 19.2. The van der Waals surface area contributed by atoms with Crippen molar-refractivity contribution in [3.63, 3.8) is 0 Å². The third-order valence-electron chi connectivity index (χ3n) is 4.14. The van der Waals surface area contributed by atoms with E-state index >= 15 is 0 Å². The molecule has 0 unspecified atom stereocenters. The molecule has 5 heteroatoms. The van der Waals surface area contributed by atoms with E-state index in [9.17, 15) is 4.79 Å². The summed E-state index contributed by atoms with van der Waals surface area (Å²) in [5.74, 6) is 1.03. The lowest BCUT2D eigenvalue weighted by atomic mass is 10.2. The van der Waals surface area contributed by atoms with E-state index in [0.717, 1.165) is 65.3 Å². The van der Waals surface area contributed by atoms with Crippen molar-refractivity contribution in [3.8, 4) is 0 Å². The minimum absolute atomic E-state index is 0.316. The molecule has 2 saturated heterocycles. The predicted octanol–water partition coefficient (Wildman–Crippen LogP) is 0.0819. The Hall–Kier alpha value is -0.650. The molecule has 0 aliphatic carbocycles. The molecule has 20 heavy (non-hydrogen) atoms. The van der Waals surface area contributed by atoms with Crippen molar-refractivity contribution < 1.29 is 4.79 Å². The average Bonchev–Trinajstić information content (AvgIpc) is 2.67. The molecule has 5 nitrogen and oxygen atoms in total. The molecule has 0 aromatic rings. The first-order valence-corrected chi connectivity index (χ1v) is 8.08. The van der Waals surface area contributed by atoms with E-state index in [0.29, 0.717) is 18.4 Å².